The molecule has 0 heterocycles. The van der Waals surface area contributed by atoms with Gasteiger partial charge in [0.2, 0.25) is 0 Å². The highest BCUT2D eigenvalue weighted by Crippen LogP contribution is 2.06. The lowest BCUT2D eigenvalue weighted by atomic mass is 10.0. The molecule has 4 radical (unpaired) electrons. The first-order chi connectivity index (χ1) is 2.00. The van der Waals surface area contributed by atoms with Crippen LogP contribution in [0.4, 0.5) is 0 Å². The van der Waals surface area contributed by atoms with Crippen LogP contribution >= 0.6 is 0 Å². The third kappa shape index (κ3) is 0. The number of hydrogen-bond donors (Lipinski definition) is 0. The van der Waals surface area contributed by atoms with Crippen molar-refractivity contribution >= 4 is 0 Å². The molecule has 0 nitrogen and oxygen atoms in total. The second-order valence-electron chi connectivity index (χ2n) is 1.82. The summed E-state index contributed by atoms with van der Waals surface area (Å²) in [6, 6.07) is 0. The van der Waals surface area contributed by atoms with E-state index in [2.05, 4.69) is 0 Å². The van der Waals surface area contributed by atoms with Crippen molar-refractivity contribution in [3.8, 4) is 0 Å². The fourth-order valence-electron chi connectivity index (χ4n) is 0. The molecule has 0 fully saturated rings. The lowest BCUT2D eigenvalue weighted by molar-refractivity contribution is 0.615. The van der Waals surface area contributed by atoms with E-state index >= 15 is 0 Å². The normalized spacial score (nSPS) is 12.0. The van der Waals surface area contributed by atoms with Crippen LogP contribution in [0.25, 0.3) is 0 Å². The summed E-state index contributed by atoms with van der Waals surface area (Å²) in [4.78, 5) is 0. The van der Waals surface area contributed by atoms with Crippen molar-refractivity contribution in [3.63, 3.8) is 0 Å². The van der Waals surface area contributed by atoms with Crippen molar-refractivity contribution in [1.29, 1.82) is 0 Å². The Balaban J connectivity index is 3.02. The van der Waals surface area contributed by atoms with Crippen molar-refractivity contribution in [2.45, 2.75) is 13.8 Å². The molecule has 0 spiro atoms. The minimum atomic E-state index is -0.500. The number of rotatable bonds is 0. The van der Waals surface area contributed by atoms with Crippen molar-refractivity contribution in [1.82, 2.24) is 0 Å². The van der Waals surface area contributed by atoms with Gasteiger partial charge in [-0.05, 0) is 19.3 Å². The number of hydrogen-bond acceptors (Lipinski definition) is 0. The Morgan fingerprint density at radius 1 is 1.20 bits per heavy atom. The predicted molar refractivity (Wildman–Crippen MR) is 22.4 cm³/mol. The van der Waals surface area contributed by atoms with Crippen molar-refractivity contribution < 1.29 is 0 Å². The molecule has 0 N–H and O–H groups in total. The molecule has 0 bridgehead atoms. The van der Waals surface area contributed by atoms with E-state index in [1.807, 2.05) is 0 Å². The molecule has 0 amide bonds. The van der Waals surface area contributed by atoms with Crippen LogP contribution in [0.5, 0.6) is 0 Å². The van der Waals surface area contributed by atoms with E-state index in [1.165, 1.54) is 0 Å². The van der Waals surface area contributed by atoms with E-state index in [1.54, 1.807) is 13.8 Å². The van der Waals surface area contributed by atoms with E-state index in [9.17, 15) is 0 Å². The summed E-state index contributed by atoms with van der Waals surface area (Å²) in [6.45, 7) is 13.8. The molecule has 0 heteroatoms. The Kier molecular flexibility index (Phi) is 1.00. The molecule has 0 saturated heterocycles. The van der Waals surface area contributed by atoms with Gasteiger partial charge in [0.15, 0.2) is 0 Å². The van der Waals surface area contributed by atoms with Crippen LogP contribution in [0.15, 0.2) is 0 Å². The van der Waals surface area contributed by atoms with Crippen LogP contribution in [0.1, 0.15) is 13.8 Å². The van der Waals surface area contributed by atoms with Crippen molar-refractivity contribution in [2.24, 2.45) is 5.41 Å². The molecule has 0 aliphatic carbocycles. The maximum absolute atomic E-state index is 5.13. The van der Waals surface area contributed by atoms with E-state index < -0.39 is 5.41 Å². The molecule has 0 aromatic carbocycles. The Morgan fingerprint density at radius 3 is 1.20 bits per heavy atom. The van der Waals surface area contributed by atoms with Gasteiger partial charge in [0.05, 0.1) is 0 Å². The second-order valence-corrected chi connectivity index (χ2v) is 1.82. The van der Waals surface area contributed by atoms with Gasteiger partial charge in [0, 0.05) is 0 Å². The Morgan fingerprint density at radius 2 is 1.20 bits per heavy atom. The Hall–Kier alpha value is 0. The van der Waals surface area contributed by atoms with Gasteiger partial charge in [-0.3, -0.25) is 0 Å². The summed E-state index contributed by atoms with van der Waals surface area (Å²) in [5.41, 5.74) is -0.500. The summed E-state index contributed by atoms with van der Waals surface area (Å²) in [5, 5.41) is 0. The molecule has 5 heavy (non-hydrogen) atoms. The topological polar surface area (TPSA) is 0 Å². The highest BCUT2D eigenvalue weighted by molar-refractivity contribution is 4.71. The third-order valence-corrected chi connectivity index (χ3v) is 0. The van der Waals surface area contributed by atoms with Crippen LogP contribution in [-0.4, -0.2) is 0 Å². The smallest absolute Gasteiger partial charge is 0.0286 e. The zero-order chi connectivity index (χ0) is 4.50. The molecule has 28 valence electrons. The van der Waals surface area contributed by atoms with Gasteiger partial charge in [-0.15, -0.1) is 0 Å². The van der Waals surface area contributed by atoms with Crippen molar-refractivity contribution in [2.75, 3.05) is 0 Å². The zero-order valence-corrected chi connectivity index (χ0v) is 3.65. The van der Waals surface area contributed by atoms with Gasteiger partial charge in [-0.2, -0.15) is 0 Å². The molecular formula is C5H8. The molecule has 0 unspecified atom stereocenters. The van der Waals surface area contributed by atoms with Crippen LogP contribution < -0.4 is 0 Å². The van der Waals surface area contributed by atoms with Crippen LogP contribution in [0.3, 0.4) is 0 Å². The maximum Gasteiger partial charge on any atom is -0.0286 e. The van der Waals surface area contributed by atoms with Gasteiger partial charge in [-0.25, -0.2) is 0 Å². The minimum absolute atomic E-state index is 0.500. The van der Waals surface area contributed by atoms with Crippen LogP contribution in [0, 0.1) is 19.3 Å². The van der Waals surface area contributed by atoms with Crippen molar-refractivity contribution in [3.05, 3.63) is 13.8 Å². The lowest BCUT2D eigenvalue weighted by Crippen LogP contribution is -1.94. The SMILES string of the molecule is [CH]C([CH])(C)C. The van der Waals surface area contributed by atoms with Gasteiger partial charge >= 0.3 is 0 Å². The quantitative estimate of drug-likeness (QED) is 0.403. The predicted octanol–water partition coefficient (Wildman–Crippen LogP) is 1.43. The first kappa shape index (κ1) is 5.00. The zero-order valence-electron chi connectivity index (χ0n) is 3.65. The maximum atomic E-state index is 5.13. The average Bonchev–Trinajstić information content (AvgIpc) is 0.722. The summed E-state index contributed by atoms with van der Waals surface area (Å²) in [6.07, 6.45) is 0. The average molecular weight is 68.1 g/mol. The molecule has 0 aromatic heterocycles. The van der Waals surface area contributed by atoms with Crippen LogP contribution in [0.2, 0.25) is 0 Å². The van der Waals surface area contributed by atoms with E-state index in [-0.39, 0.29) is 0 Å². The second kappa shape index (κ2) is 1.00. The fourth-order valence-corrected chi connectivity index (χ4v) is 0. The third-order valence-electron chi connectivity index (χ3n) is 0. The molecule has 0 aliphatic heterocycles. The first-order valence-electron chi connectivity index (χ1n) is 1.58. The molecule has 0 aromatic rings. The standard InChI is InChI=1S/C5H8/c1-5(2,3)4/h1-2H,3-4H3. The van der Waals surface area contributed by atoms with Gasteiger partial charge < -0.3 is 0 Å². The highest BCUT2D eigenvalue weighted by Gasteiger charge is 1.97. The first-order valence-corrected chi connectivity index (χ1v) is 1.58. The van der Waals surface area contributed by atoms with E-state index in [4.69, 9.17) is 13.8 Å². The molecule has 0 aliphatic rings. The minimum Gasteiger partial charge on any atom is -0.0593 e. The largest absolute Gasteiger partial charge is 0.0593 e. The van der Waals surface area contributed by atoms with Crippen LogP contribution in [-0.2, 0) is 0 Å². The summed E-state index contributed by atoms with van der Waals surface area (Å²) in [5.74, 6) is 0. The summed E-state index contributed by atoms with van der Waals surface area (Å²) < 4.78 is 0. The molecule has 0 saturated carbocycles. The fraction of sp³-hybridized carbons (Fsp3) is 0.600. The van der Waals surface area contributed by atoms with E-state index in [0.717, 1.165) is 0 Å². The summed E-state index contributed by atoms with van der Waals surface area (Å²) in [7, 11) is 0. The lowest BCUT2D eigenvalue weighted by Gasteiger charge is -2.03. The highest BCUT2D eigenvalue weighted by atomic mass is 14.0. The Labute approximate surface area is 34.2 Å². The van der Waals surface area contributed by atoms with Gasteiger partial charge in [0.25, 0.3) is 0 Å². The van der Waals surface area contributed by atoms with Gasteiger partial charge in [-0.1, -0.05) is 13.8 Å². The molecule has 0 rings (SSSR count). The monoisotopic (exact) mass is 68.1 g/mol. The van der Waals surface area contributed by atoms with E-state index in [0.29, 0.717) is 0 Å². The van der Waals surface area contributed by atoms with Gasteiger partial charge in [0.1, 0.15) is 0 Å². The molecule has 0 atom stereocenters. The molecular weight excluding hydrogens is 60.1 g/mol. The summed E-state index contributed by atoms with van der Waals surface area (Å²) >= 11 is 0. The Bertz CT molecular complexity index is 15.5.